The number of thioether (sulfide) groups is 1. The lowest BCUT2D eigenvalue weighted by Gasteiger charge is -2.11. The minimum atomic E-state index is -1.06. The highest BCUT2D eigenvalue weighted by Gasteiger charge is 2.11. The smallest absolute Gasteiger partial charge is 0.335 e. The van der Waals surface area contributed by atoms with E-state index >= 15 is 0 Å². The van der Waals surface area contributed by atoms with Crippen LogP contribution in [0.4, 0.5) is 10.5 Å². The average Bonchev–Trinajstić information content (AvgIpc) is 2.38. The van der Waals surface area contributed by atoms with Crippen LogP contribution in [0.1, 0.15) is 10.4 Å². The van der Waals surface area contributed by atoms with Crippen LogP contribution in [0.25, 0.3) is 0 Å². The fourth-order valence-corrected chi connectivity index (χ4v) is 1.68. The van der Waals surface area contributed by atoms with Crippen LogP contribution in [0, 0.1) is 0 Å². The summed E-state index contributed by atoms with van der Waals surface area (Å²) in [5.41, 5.74) is 0.407. The number of anilines is 1. The molecular formula is C12H16N2O4S. The van der Waals surface area contributed by atoms with E-state index < -0.39 is 12.0 Å². The first-order valence-corrected chi connectivity index (χ1v) is 6.93. The molecule has 0 saturated carbocycles. The number of urea groups is 1. The van der Waals surface area contributed by atoms with Crippen LogP contribution in [0.3, 0.4) is 0 Å². The molecule has 0 atom stereocenters. The Hall–Kier alpha value is -1.89. The van der Waals surface area contributed by atoms with E-state index in [9.17, 15) is 9.59 Å². The Morgan fingerprint density at radius 1 is 1.42 bits per heavy atom. The van der Waals surface area contributed by atoms with Crippen LogP contribution in [0.5, 0.6) is 5.75 Å². The highest BCUT2D eigenvalue weighted by molar-refractivity contribution is 7.98. The van der Waals surface area contributed by atoms with E-state index in [1.165, 1.54) is 25.3 Å². The van der Waals surface area contributed by atoms with Crippen molar-refractivity contribution < 1.29 is 19.4 Å². The van der Waals surface area contributed by atoms with E-state index in [4.69, 9.17) is 9.84 Å². The maximum absolute atomic E-state index is 11.6. The molecule has 2 amide bonds. The number of amides is 2. The summed E-state index contributed by atoms with van der Waals surface area (Å²) in [5, 5.41) is 14.1. The van der Waals surface area contributed by atoms with Crippen LogP contribution in [0.2, 0.25) is 0 Å². The molecule has 1 rings (SSSR count). The molecule has 1 aromatic carbocycles. The van der Waals surface area contributed by atoms with Crippen LogP contribution in [-0.4, -0.2) is 42.8 Å². The number of aromatic carboxylic acids is 1. The Bertz CT molecular complexity index is 465. The fraction of sp³-hybridized carbons (Fsp3) is 0.333. The quantitative estimate of drug-likeness (QED) is 0.694. The van der Waals surface area contributed by atoms with E-state index in [0.717, 1.165) is 5.75 Å². The van der Waals surface area contributed by atoms with E-state index in [1.54, 1.807) is 11.8 Å². The van der Waals surface area contributed by atoms with Gasteiger partial charge in [-0.1, -0.05) is 0 Å². The van der Waals surface area contributed by atoms with Crippen molar-refractivity contribution in [3.8, 4) is 5.75 Å². The second-order valence-corrected chi connectivity index (χ2v) is 4.58. The molecule has 7 heteroatoms. The Morgan fingerprint density at radius 3 is 2.74 bits per heavy atom. The van der Waals surface area contributed by atoms with Gasteiger partial charge < -0.3 is 20.5 Å². The molecule has 0 heterocycles. The van der Waals surface area contributed by atoms with Crippen molar-refractivity contribution >= 4 is 29.4 Å². The molecule has 0 aliphatic carbocycles. The fourth-order valence-electron chi connectivity index (χ4n) is 1.37. The number of hydrogen-bond acceptors (Lipinski definition) is 4. The molecule has 0 radical (unpaired) electrons. The first-order chi connectivity index (χ1) is 9.08. The number of rotatable bonds is 6. The first kappa shape index (κ1) is 15.2. The van der Waals surface area contributed by atoms with Crippen LogP contribution < -0.4 is 15.4 Å². The summed E-state index contributed by atoms with van der Waals surface area (Å²) in [6.07, 6.45) is 1.94. The van der Waals surface area contributed by atoms with E-state index in [-0.39, 0.29) is 5.56 Å². The van der Waals surface area contributed by atoms with Gasteiger partial charge in [0.25, 0.3) is 0 Å². The second-order valence-electron chi connectivity index (χ2n) is 3.59. The van der Waals surface area contributed by atoms with Crippen molar-refractivity contribution in [2.45, 2.75) is 0 Å². The highest BCUT2D eigenvalue weighted by atomic mass is 32.2. The summed E-state index contributed by atoms with van der Waals surface area (Å²) < 4.78 is 5.07. The molecule has 19 heavy (non-hydrogen) atoms. The minimum absolute atomic E-state index is 0.0835. The number of ether oxygens (including phenoxy) is 1. The summed E-state index contributed by atoms with van der Waals surface area (Å²) in [7, 11) is 1.45. The molecule has 3 N–H and O–H groups in total. The molecular weight excluding hydrogens is 268 g/mol. The Balaban J connectivity index is 2.77. The van der Waals surface area contributed by atoms with E-state index in [1.807, 2.05) is 6.26 Å². The van der Waals surface area contributed by atoms with Gasteiger partial charge in [0.1, 0.15) is 5.75 Å². The number of benzene rings is 1. The van der Waals surface area contributed by atoms with Gasteiger partial charge in [0.05, 0.1) is 18.4 Å². The van der Waals surface area contributed by atoms with Crippen molar-refractivity contribution in [3.63, 3.8) is 0 Å². The predicted molar refractivity (Wildman–Crippen MR) is 75.4 cm³/mol. The first-order valence-electron chi connectivity index (χ1n) is 5.53. The number of carbonyl (C=O) groups excluding carboxylic acids is 1. The Kier molecular flexibility index (Phi) is 6.01. The number of carboxylic acid groups (broad SMARTS) is 1. The molecule has 0 aromatic heterocycles. The van der Waals surface area contributed by atoms with E-state index in [0.29, 0.717) is 18.0 Å². The van der Waals surface area contributed by atoms with Crippen molar-refractivity contribution in [2.75, 3.05) is 31.0 Å². The average molecular weight is 284 g/mol. The van der Waals surface area contributed by atoms with Gasteiger partial charge in [-0.15, -0.1) is 0 Å². The summed E-state index contributed by atoms with van der Waals surface area (Å²) in [6, 6.07) is 3.88. The number of nitrogens with one attached hydrogen (secondary N) is 2. The lowest BCUT2D eigenvalue weighted by molar-refractivity contribution is 0.0697. The summed E-state index contributed by atoms with van der Waals surface area (Å²) in [4.78, 5) is 22.5. The zero-order valence-corrected chi connectivity index (χ0v) is 11.5. The van der Waals surface area contributed by atoms with Gasteiger partial charge >= 0.3 is 12.0 Å². The number of methoxy groups -OCH3 is 1. The number of hydrogen-bond donors (Lipinski definition) is 3. The largest absolute Gasteiger partial charge is 0.495 e. The number of carbonyl (C=O) groups is 2. The molecule has 0 unspecified atom stereocenters. The molecule has 6 nitrogen and oxygen atoms in total. The minimum Gasteiger partial charge on any atom is -0.495 e. The third-order valence-corrected chi connectivity index (χ3v) is 2.90. The maximum atomic E-state index is 11.6. The molecule has 0 saturated heterocycles. The van der Waals surface area contributed by atoms with Gasteiger partial charge in [-0.25, -0.2) is 9.59 Å². The number of carboxylic acids is 1. The van der Waals surface area contributed by atoms with Crippen LogP contribution in [0.15, 0.2) is 18.2 Å². The second kappa shape index (κ2) is 7.52. The third-order valence-electron chi connectivity index (χ3n) is 2.29. The lowest BCUT2D eigenvalue weighted by Crippen LogP contribution is -2.30. The monoisotopic (exact) mass is 284 g/mol. The van der Waals surface area contributed by atoms with Gasteiger partial charge in [-0.3, -0.25) is 0 Å². The maximum Gasteiger partial charge on any atom is 0.335 e. The molecule has 0 bridgehead atoms. The standard InChI is InChI=1S/C12H16N2O4S/c1-18-10-4-3-8(11(15)16)7-9(10)14-12(17)13-5-6-19-2/h3-4,7H,5-6H2,1-2H3,(H,15,16)(H2,13,14,17). The Morgan fingerprint density at radius 2 is 2.16 bits per heavy atom. The van der Waals surface area contributed by atoms with Gasteiger partial charge in [0.15, 0.2) is 0 Å². The van der Waals surface area contributed by atoms with Crippen molar-refractivity contribution in [2.24, 2.45) is 0 Å². The van der Waals surface area contributed by atoms with Gasteiger partial charge in [-0.2, -0.15) is 11.8 Å². The summed E-state index contributed by atoms with van der Waals surface area (Å²) in [5.74, 6) is 0.151. The highest BCUT2D eigenvalue weighted by Crippen LogP contribution is 2.25. The van der Waals surface area contributed by atoms with Crippen molar-refractivity contribution in [1.29, 1.82) is 0 Å². The molecule has 104 valence electrons. The van der Waals surface area contributed by atoms with Crippen LogP contribution in [-0.2, 0) is 0 Å². The van der Waals surface area contributed by atoms with Gasteiger partial charge in [-0.05, 0) is 24.5 Å². The normalized spacial score (nSPS) is 9.79. The molecule has 1 aromatic rings. The lowest BCUT2D eigenvalue weighted by atomic mass is 10.2. The van der Waals surface area contributed by atoms with Crippen molar-refractivity contribution in [1.82, 2.24) is 5.32 Å². The zero-order valence-electron chi connectivity index (χ0n) is 10.7. The van der Waals surface area contributed by atoms with E-state index in [2.05, 4.69) is 10.6 Å². The Labute approximate surface area is 115 Å². The van der Waals surface area contributed by atoms with Gasteiger partial charge in [0.2, 0.25) is 0 Å². The molecule has 0 fully saturated rings. The van der Waals surface area contributed by atoms with Crippen molar-refractivity contribution in [3.05, 3.63) is 23.8 Å². The zero-order chi connectivity index (χ0) is 14.3. The molecule has 0 spiro atoms. The summed E-state index contributed by atoms with van der Waals surface area (Å²) >= 11 is 1.62. The predicted octanol–water partition coefficient (Wildman–Crippen LogP) is 1.88. The molecule has 0 aliphatic heterocycles. The molecule has 0 aliphatic rings. The third kappa shape index (κ3) is 4.70. The van der Waals surface area contributed by atoms with Gasteiger partial charge in [0, 0.05) is 12.3 Å². The summed E-state index contributed by atoms with van der Waals surface area (Å²) in [6.45, 7) is 0.536. The topological polar surface area (TPSA) is 87.7 Å². The SMILES string of the molecule is COc1ccc(C(=O)O)cc1NC(=O)NCCSC. The van der Waals surface area contributed by atoms with Crippen LogP contribution >= 0.6 is 11.8 Å².